The van der Waals surface area contributed by atoms with E-state index < -0.39 is 0 Å². The maximum Gasteiger partial charge on any atom is 0.0726 e. The van der Waals surface area contributed by atoms with Crippen LogP contribution in [0.4, 0.5) is 5.69 Å². The van der Waals surface area contributed by atoms with E-state index in [1.165, 1.54) is 16.8 Å². The van der Waals surface area contributed by atoms with E-state index in [-0.39, 0.29) is 5.41 Å². The molecule has 2 nitrogen and oxygen atoms in total. The minimum Gasteiger partial charge on any atom is -0.372 e. The van der Waals surface area contributed by atoms with E-state index in [0.717, 1.165) is 13.1 Å². The molecule has 0 spiro atoms. The molecule has 0 aromatic heterocycles. The highest BCUT2D eigenvalue weighted by Crippen LogP contribution is 2.34. The number of morpholine rings is 1. The van der Waals surface area contributed by atoms with Crippen molar-refractivity contribution in [2.45, 2.75) is 72.0 Å². The highest BCUT2D eigenvalue weighted by atomic mass is 16.5. The molecule has 2 atom stereocenters. The fourth-order valence-corrected chi connectivity index (χ4v) is 3.15. The third kappa shape index (κ3) is 3.79. The average Bonchev–Trinajstić information content (AvgIpc) is 2.35. The Morgan fingerprint density at radius 3 is 2.14 bits per heavy atom. The van der Waals surface area contributed by atoms with Gasteiger partial charge in [-0.1, -0.05) is 46.8 Å². The van der Waals surface area contributed by atoms with Crippen molar-refractivity contribution in [2.75, 3.05) is 18.0 Å². The van der Waals surface area contributed by atoms with Crippen molar-refractivity contribution in [1.29, 1.82) is 0 Å². The van der Waals surface area contributed by atoms with Gasteiger partial charge in [0.2, 0.25) is 0 Å². The third-order valence-electron chi connectivity index (χ3n) is 4.28. The molecule has 2 rings (SSSR count). The van der Waals surface area contributed by atoms with Gasteiger partial charge < -0.3 is 9.64 Å². The molecule has 0 bridgehead atoms. The molecule has 1 aliphatic rings. The Balaban J connectivity index is 2.43. The molecule has 0 N–H and O–H groups in total. The molecule has 1 fully saturated rings. The zero-order chi connectivity index (χ0) is 15.8. The van der Waals surface area contributed by atoms with Gasteiger partial charge in [0.05, 0.1) is 12.2 Å². The van der Waals surface area contributed by atoms with Gasteiger partial charge in [0.15, 0.2) is 0 Å². The Labute approximate surface area is 130 Å². The van der Waals surface area contributed by atoms with Crippen LogP contribution >= 0.6 is 0 Å². The van der Waals surface area contributed by atoms with E-state index in [1.54, 1.807) is 0 Å². The standard InChI is InChI=1S/C19H31NO/c1-13(2)17-9-8-16(19(5,6)7)10-18(17)20-11-14(3)21-15(4)12-20/h8-10,13-15H,11-12H2,1-7H3/t14-,15+. The number of nitrogens with zero attached hydrogens (tertiary/aromatic N) is 1. The topological polar surface area (TPSA) is 12.5 Å². The van der Waals surface area contributed by atoms with Crippen LogP contribution in [-0.4, -0.2) is 25.3 Å². The quantitative estimate of drug-likeness (QED) is 0.781. The van der Waals surface area contributed by atoms with Crippen LogP contribution in [0.5, 0.6) is 0 Å². The molecule has 118 valence electrons. The van der Waals surface area contributed by atoms with Crippen LogP contribution in [0.2, 0.25) is 0 Å². The van der Waals surface area contributed by atoms with Crippen LogP contribution in [0.1, 0.15) is 65.5 Å². The van der Waals surface area contributed by atoms with Crippen molar-refractivity contribution in [1.82, 2.24) is 0 Å². The molecule has 0 amide bonds. The number of anilines is 1. The van der Waals surface area contributed by atoms with E-state index in [9.17, 15) is 0 Å². The van der Waals surface area contributed by atoms with Gasteiger partial charge in [-0.25, -0.2) is 0 Å². The van der Waals surface area contributed by atoms with E-state index in [0.29, 0.717) is 18.1 Å². The minimum absolute atomic E-state index is 0.188. The van der Waals surface area contributed by atoms with Crippen LogP contribution < -0.4 is 4.90 Å². The molecule has 1 heterocycles. The predicted octanol–water partition coefficient (Wildman–Crippen LogP) is 4.72. The lowest BCUT2D eigenvalue weighted by atomic mass is 9.84. The molecule has 21 heavy (non-hydrogen) atoms. The lowest BCUT2D eigenvalue weighted by molar-refractivity contribution is -0.00528. The van der Waals surface area contributed by atoms with Gasteiger partial charge in [-0.15, -0.1) is 0 Å². The zero-order valence-corrected chi connectivity index (χ0v) is 14.7. The highest BCUT2D eigenvalue weighted by molar-refractivity contribution is 5.58. The summed E-state index contributed by atoms with van der Waals surface area (Å²) in [5.41, 5.74) is 4.45. The highest BCUT2D eigenvalue weighted by Gasteiger charge is 2.26. The molecule has 1 aromatic rings. The summed E-state index contributed by atoms with van der Waals surface area (Å²) in [6, 6.07) is 7.03. The first-order valence-electron chi connectivity index (χ1n) is 8.23. The predicted molar refractivity (Wildman–Crippen MR) is 91.5 cm³/mol. The molecule has 0 radical (unpaired) electrons. The Morgan fingerprint density at radius 1 is 1.10 bits per heavy atom. The van der Waals surface area contributed by atoms with Crippen molar-refractivity contribution in [3.8, 4) is 0 Å². The lowest BCUT2D eigenvalue weighted by Crippen LogP contribution is -2.46. The van der Waals surface area contributed by atoms with Crippen LogP contribution in [0.3, 0.4) is 0 Å². The lowest BCUT2D eigenvalue weighted by Gasteiger charge is -2.39. The first-order valence-corrected chi connectivity index (χ1v) is 8.23. The van der Waals surface area contributed by atoms with Crippen molar-refractivity contribution in [3.05, 3.63) is 29.3 Å². The Kier molecular flexibility index (Phi) is 4.67. The second-order valence-corrected chi connectivity index (χ2v) is 7.84. The summed E-state index contributed by atoms with van der Waals surface area (Å²) in [5, 5.41) is 0. The second-order valence-electron chi connectivity index (χ2n) is 7.84. The monoisotopic (exact) mass is 289 g/mol. The molecule has 0 saturated carbocycles. The maximum absolute atomic E-state index is 5.89. The normalized spacial score (nSPS) is 23.7. The van der Waals surface area contributed by atoms with Gasteiger partial charge >= 0.3 is 0 Å². The first kappa shape index (κ1) is 16.4. The van der Waals surface area contributed by atoms with Gasteiger partial charge in [-0.3, -0.25) is 0 Å². The molecule has 0 aliphatic carbocycles. The maximum atomic E-state index is 5.89. The Hall–Kier alpha value is -1.02. The third-order valence-corrected chi connectivity index (χ3v) is 4.28. The first-order chi connectivity index (χ1) is 9.68. The van der Waals surface area contributed by atoms with Gasteiger partial charge in [-0.05, 0) is 42.4 Å². The zero-order valence-electron chi connectivity index (χ0n) is 14.7. The second kappa shape index (κ2) is 6.00. The fourth-order valence-electron chi connectivity index (χ4n) is 3.15. The summed E-state index contributed by atoms with van der Waals surface area (Å²) >= 11 is 0. The number of hydrogen-bond acceptors (Lipinski definition) is 2. The summed E-state index contributed by atoms with van der Waals surface area (Å²) in [5.74, 6) is 0.544. The van der Waals surface area contributed by atoms with Crippen molar-refractivity contribution in [2.24, 2.45) is 0 Å². The summed E-state index contributed by atoms with van der Waals surface area (Å²) < 4.78 is 5.89. The van der Waals surface area contributed by atoms with E-state index in [1.807, 2.05) is 0 Å². The number of hydrogen-bond donors (Lipinski definition) is 0. The largest absolute Gasteiger partial charge is 0.372 e. The minimum atomic E-state index is 0.188. The van der Waals surface area contributed by atoms with Gasteiger partial charge in [0.1, 0.15) is 0 Å². The average molecular weight is 289 g/mol. The summed E-state index contributed by atoms with van der Waals surface area (Å²) in [7, 11) is 0. The summed E-state index contributed by atoms with van der Waals surface area (Å²) in [6.07, 6.45) is 0.596. The van der Waals surface area contributed by atoms with Crippen LogP contribution in [-0.2, 0) is 10.2 Å². The molecular formula is C19H31NO. The van der Waals surface area contributed by atoms with Gasteiger partial charge in [0.25, 0.3) is 0 Å². The summed E-state index contributed by atoms with van der Waals surface area (Å²) in [6.45, 7) is 17.7. The van der Waals surface area contributed by atoms with E-state index >= 15 is 0 Å². The fraction of sp³-hybridized carbons (Fsp3) is 0.684. The smallest absolute Gasteiger partial charge is 0.0726 e. The molecule has 2 heteroatoms. The number of ether oxygens (including phenoxy) is 1. The van der Waals surface area contributed by atoms with Crippen molar-refractivity contribution >= 4 is 5.69 Å². The molecule has 1 aromatic carbocycles. The Morgan fingerprint density at radius 2 is 1.67 bits per heavy atom. The van der Waals surface area contributed by atoms with E-state index in [2.05, 4.69) is 71.6 Å². The van der Waals surface area contributed by atoms with Gasteiger partial charge in [0, 0.05) is 18.8 Å². The van der Waals surface area contributed by atoms with Crippen molar-refractivity contribution < 1.29 is 4.74 Å². The van der Waals surface area contributed by atoms with Crippen molar-refractivity contribution in [3.63, 3.8) is 0 Å². The Bertz CT molecular complexity index is 477. The van der Waals surface area contributed by atoms with Crippen LogP contribution in [0.25, 0.3) is 0 Å². The number of rotatable bonds is 2. The molecule has 1 aliphatic heterocycles. The SMILES string of the molecule is CC(C)c1ccc(C(C)(C)C)cc1N1C[C@@H](C)O[C@@H](C)C1. The molecular weight excluding hydrogens is 258 g/mol. The summed E-state index contributed by atoms with van der Waals surface area (Å²) in [4.78, 5) is 2.52. The molecule has 1 saturated heterocycles. The number of benzene rings is 1. The van der Waals surface area contributed by atoms with Gasteiger partial charge in [-0.2, -0.15) is 0 Å². The van der Waals surface area contributed by atoms with E-state index in [4.69, 9.17) is 4.74 Å². The van der Waals surface area contributed by atoms with Crippen LogP contribution in [0.15, 0.2) is 18.2 Å². The molecule has 0 unspecified atom stereocenters. The van der Waals surface area contributed by atoms with Crippen LogP contribution in [0, 0.1) is 0 Å².